The first-order valence-electron chi connectivity index (χ1n) is 5.59. The van der Waals surface area contributed by atoms with Crippen LogP contribution in [0.4, 0.5) is 13.2 Å². The number of hydrogen-bond donors (Lipinski definition) is 4. The molecule has 0 aliphatic heterocycles. The van der Waals surface area contributed by atoms with Crippen molar-refractivity contribution in [3.8, 4) is 0 Å². The van der Waals surface area contributed by atoms with Gasteiger partial charge in [0.15, 0.2) is 0 Å². The van der Waals surface area contributed by atoms with Crippen LogP contribution in [0.15, 0.2) is 30.3 Å². The molecule has 1 amide bonds. The summed E-state index contributed by atoms with van der Waals surface area (Å²) in [7, 11) is 0. The van der Waals surface area contributed by atoms with Gasteiger partial charge >= 0.3 is 18.1 Å². The van der Waals surface area contributed by atoms with Gasteiger partial charge in [0, 0.05) is 11.3 Å². The first kappa shape index (κ1) is 19.8. The summed E-state index contributed by atoms with van der Waals surface area (Å²) in [6, 6.07) is 7.49. The third-order valence-corrected chi connectivity index (χ3v) is 2.43. The Morgan fingerprint density at radius 1 is 1.14 bits per heavy atom. The van der Waals surface area contributed by atoms with Crippen LogP contribution in [0.5, 0.6) is 0 Å². The molecule has 0 aliphatic carbocycles. The highest BCUT2D eigenvalue weighted by atomic mass is 32.1. The Balaban J connectivity index is 0.000000534. The molecule has 0 saturated carbocycles. The predicted octanol–water partition coefficient (Wildman–Crippen LogP) is 1.43. The number of aliphatic carboxylic acids is 2. The van der Waals surface area contributed by atoms with Crippen LogP contribution in [-0.4, -0.2) is 46.0 Å². The molecule has 1 rings (SSSR count). The zero-order valence-electron chi connectivity index (χ0n) is 10.9. The SMILES string of the molecule is O=C(N[C@@H](CS)C(=O)O)c1ccccc1.O=C(O)C(F)(F)F. The van der Waals surface area contributed by atoms with Crippen LogP contribution >= 0.6 is 12.6 Å². The number of carbonyl (C=O) groups is 3. The van der Waals surface area contributed by atoms with E-state index < -0.39 is 30.1 Å². The second-order valence-corrected chi connectivity index (χ2v) is 4.08. The van der Waals surface area contributed by atoms with Crippen molar-refractivity contribution < 1.29 is 37.8 Å². The first-order chi connectivity index (χ1) is 10.1. The lowest BCUT2D eigenvalue weighted by atomic mass is 10.2. The molecule has 0 radical (unpaired) electrons. The van der Waals surface area contributed by atoms with E-state index >= 15 is 0 Å². The highest BCUT2D eigenvalue weighted by Gasteiger charge is 2.38. The minimum absolute atomic E-state index is 0.0634. The third kappa shape index (κ3) is 7.53. The number of nitrogens with one attached hydrogen (secondary N) is 1. The number of halogens is 3. The second kappa shape index (κ2) is 8.93. The monoisotopic (exact) mass is 339 g/mol. The van der Waals surface area contributed by atoms with E-state index in [0.29, 0.717) is 5.56 Å². The fourth-order valence-corrected chi connectivity index (χ4v) is 1.26. The zero-order chi connectivity index (χ0) is 17.3. The van der Waals surface area contributed by atoms with Crippen molar-refractivity contribution in [1.82, 2.24) is 5.32 Å². The molecule has 1 aromatic carbocycles. The molecule has 22 heavy (non-hydrogen) atoms. The highest BCUT2D eigenvalue weighted by Crippen LogP contribution is 2.13. The number of benzene rings is 1. The molecule has 0 spiro atoms. The maximum absolute atomic E-state index is 11.5. The van der Waals surface area contributed by atoms with Crippen molar-refractivity contribution >= 4 is 30.5 Å². The van der Waals surface area contributed by atoms with Crippen molar-refractivity contribution in [2.24, 2.45) is 0 Å². The van der Waals surface area contributed by atoms with E-state index in [2.05, 4.69) is 17.9 Å². The summed E-state index contributed by atoms with van der Waals surface area (Å²) in [6.45, 7) is 0. The van der Waals surface area contributed by atoms with E-state index in [0.717, 1.165) is 0 Å². The van der Waals surface area contributed by atoms with E-state index in [1.807, 2.05) is 0 Å². The number of thiol groups is 1. The number of amides is 1. The molecule has 6 nitrogen and oxygen atoms in total. The predicted molar refractivity (Wildman–Crippen MR) is 72.9 cm³/mol. The number of hydrogen-bond acceptors (Lipinski definition) is 4. The molecule has 0 aliphatic rings. The lowest BCUT2D eigenvalue weighted by Crippen LogP contribution is -2.42. The van der Waals surface area contributed by atoms with E-state index in [1.54, 1.807) is 30.3 Å². The molecular formula is C12H12F3NO5S. The summed E-state index contributed by atoms with van der Waals surface area (Å²) in [6.07, 6.45) is -5.08. The fraction of sp³-hybridized carbons (Fsp3) is 0.250. The van der Waals surface area contributed by atoms with Gasteiger partial charge in [0.05, 0.1) is 0 Å². The summed E-state index contributed by atoms with van der Waals surface area (Å²) in [5.41, 5.74) is 0.436. The Morgan fingerprint density at radius 2 is 1.59 bits per heavy atom. The van der Waals surface area contributed by atoms with Gasteiger partial charge in [0.1, 0.15) is 6.04 Å². The Bertz CT molecular complexity index is 521. The molecule has 0 saturated heterocycles. The van der Waals surface area contributed by atoms with Gasteiger partial charge in [-0.25, -0.2) is 9.59 Å². The maximum Gasteiger partial charge on any atom is 0.490 e. The normalized spacial score (nSPS) is 11.6. The molecule has 10 heteroatoms. The Labute approximate surface area is 128 Å². The Kier molecular flexibility index (Phi) is 8.02. The van der Waals surface area contributed by atoms with Crippen LogP contribution in [0.2, 0.25) is 0 Å². The van der Waals surface area contributed by atoms with Gasteiger partial charge in [-0.15, -0.1) is 0 Å². The molecule has 0 unspecified atom stereocenters. The lowest BCUT2D eigenvalue weighted by molar-refractivity contribution is -0.192. The van der Waals surface area contributed by atoms with Crippen LogP contribution in [0.1, 0.15) is 10.4 Å². The van der Waals surface area contributed by atoms with Crippen molar-refractivity contribution in [1.29, 1.82) is 0 Å². The second-order valence-electron chi connectivity index (χ2n) is 3.72. The average Bonchev–Trinajstić information content (AvgIpc) is 2.44. The Morgan fingerprint density at radius 3 is 1.91 bits per heavy atom. The molecule has 0 fully saturated rings. The summed E-state index contributed by atoms with van der Waals surface area (Å²) in [5, 5.41) is 18.2. The summed E-state index contributed by atoms with van der Waals surface area (Å²) in [5.74, 6) is -4.19. The molecular weight excluding hydrogens is 327 g/mol. The van der Waals surface area contributed by atoms with Crippen LogP contribution in [0.25, 0.3) is 0 Å². The molecule has 3 N–H and O–H groups in total. The van der Waals surface area contributed by atoms with Gasteiger partial charge in [-0.2, -0.15) is 25.8 Å². The van der Waals surface area contributed by atoms with Crippen molar-refractivity contribution in [2.75, 3.05) is 5.75 Å². The summed E-state index contributed by atoms with van der Waals surface area (Å²) < 4.78 is 31.7. The molecule has 1 atom stereocenters. The average molecular weight is 339 g/mol. The van der Waals surface area contributed by atoms with Crippen molar-refractivity contribution in [3.63, 3.8) is 0 Å². The minimum Gasteiger partial charge on any atom is -0.480 e. The number of carboxylic acids is 2. The van der Waals surface area contributed by atoms with Crippen LogP contribution in [-0.2, 0) is 9.59 Å². The lowest BCUT2D eigenvalue weighted by Gasteiger charge is -2.11. The standard InChI is InChI=1S/C10H11NO3S.C2HF3O2/c12-9(7-4-2-1-3-5-7)11-8(6-15)10(13)14;3-2(4,5)1(6)7/h1-5,8,15H,6H2,(H,11,12)(H,13,14);(H,6,7)/t8-;/m0./s1. The number of carboxylic acid groups (broad SMARTS) is 2. The minimum atomic E-state index is -5.08. The van der Waals surface area contributed by atoms with E-state index in [-0.39, 0.29) is 5.75 Å². The molecule has 0 aromatic heterocycles. The fourth-order valence-electron chi connectivity index (χ4n) is 1.02. The van der Waals surface area contributed by atoms with Crippen molar-refractivity contribution in [2.45, 2.75) is 12.2 Å². The molecule has 122 valence electrons. The van der Waals surface area contributed by atoms with Gasteiger partial charge in [-0.3, -0.25) is 4.79 Å². The van der Waals surface area contributed by atoms with Crippen molar-refractivity contribution in [3.05, 3.63) is 35.9 Å². The smallest absolute Gasteiger partial charge is 0.480 e. The third-order valence-electron chi connectivity index (χ3n) is 2.06. The Hall–Kier alpha value is -2.23. The topological polar surface area (TPSA) is 104 Å². The van der Waals surface area contributed by atoms with E-state index in [9.17, 15) is 22.8 Å². The number of alkyl halides is 3. The first-order valence-corrected chi connectivity index (χ1v) is 6.22. The van der Waals surface area contributed by atoms with E-state index in [1.165, 1.54) is 0 Å². The zero-order valence-corrected chi connectivity index (χ0v) is 11.8. The van der Waals surface area contributed by atoms with Gasteiger partial charge in [-0.1, -0.05) is 18.2 Å². The van der Waals surface area contributed by atoms with Crippen LogP contribution in [0, 0.1) is 0 Å². The van der Waals surface area contributed by atoms with Crippen LogP contribution < -0.4 is 5.32 Å². The number of rotatable bonds is 4. The summed E-state index contributed by atoms with van der Waals surface area (Å²) in [4.78, 5) is 31.0. The van der Waals surface area contributed by atoms with E-state index in [4.69, 9.17) is 15.0 Å². The number of carbonyl (C=O) groups excluding carboxylic acids is 1. The maximum atomic E-state index is 11.5. The largest absolute Gasteiger partial charge is 0.490 e. The quantitative estimate of drug-likeness (QED) is 0.622. The molecule has 0 heterocycles. The molecule has 0 bridgehead atoms. The van der Waals surface area contributed by atoms with Gasteiger partial charge < -0.3 is 15.5 Å². The van der Waals surface area contributed by atoms with Gasteiger partial charge in [0.2, 0.25) is 0 Å². The van der Waals surface area contributed by atoms with Gasteiger partial charge in [-0.05, 0) is 12.1 Å². The molecule has 1 aromatic rings. The highest BCUT2D eigenvalue weighted by molar-refractivity contribution is 7.80. The van der Waals surface area contributed by atoms with Crippen LogP contribution in [0.3, 0.4) is 0 Å². The van der Waals surface area contributed by atoms with Gasteiger partial charge in [0.25, 0.3) is 5.91 Å². The summed E-state index contributed by atoms with van der Waals surface area (Å²) >= 11 is 3.85.